The second-order valence-electron chi connectivity index (χ2n) is 5.47. The molecule has 0 aromatic carbocycles. The monoisotopic (exact) mass is 298 g/mol. The summed E-state index contributed by atoms with van der Waals surface area (Å²) in [5.74, 6) is 0.551. The van der Waals surface area contributed by atoms with Gasteiger partial charge in [0.25, 0.3) is 5.91 Å². The van der Waals surface area contributed by atoms with Gasteiger partial charge in [0.15, 0.2) is 0 Å². The first-order chi connectivity index (χ1) is 9.39. The number of hydrogen-bond donors (Lipinski definition) is 0. The molecule has 1 aromatic rings. The third kappa shape index (κ3) is 2.05. The summed E-state index contributed by atoms with van der Waals surface area (Å²) in [5.41, 5.74) is 0.573. The van der Waals surface area contributed by atoms with Gasteiger partial charge in [-0.15, -0.1) is 0 Å². The largest absolute Gasteiger partial charge is 0.469 e. The normalized spacial score (nSPS) is 27.0. The van der Waals surface area contributed by atoms with E-state index in [4.69, 9.17) is 4.42 Å². The molecule has 1 amide bonds. The molecule has 2 fully saturated rings. The van der Waals surface area contributed by atoms with E-state index in [1.165, 1.54) is 16.8 Å². The topological polar surface area (TPSA) is 70.8 Å². The van der Waals surface area contributed by atoms with Crippen LogP contribution < -0.4 is 0 Å². The summed E-state index contributed by atoms with van der Waals surface area (Å²) in [7, 11) is -3.19. The lowest BCUT2D eigenvalue weighted by molar-refractivity contribution is 0.0733. The predicted molar refractivity (Wildman–Crippen MR) is 72.8 cm³/mol. The number of rotatable bonds is 2. The molecule has 3 rings (SSSR count). The molecule has 2 aliphatic rings. The van der Waals surface area contributed by atoms with E-state index in [-0.39, 0.29) is 18.0 Å². The molecule has 2 aliphatic heterocycles. The second kappa shape index (κ2) is 4.60. The Morgan fingerprint density at radius 3 is 2.60 bits per heavy atom. The third-order valence-electron chi connectivity index (χ3n) is 4.30. The number of sulfonamides is 1. The third-order valence-corrected chi connectivity index (χ3v) is 5.61. The van der Waals surface area contributed by atoms with Crippen molar-refractivity contribution in [1.29, 1.82) is 0 Å². The van der Waals surface area contributed by atoms with Crippen molar-refractivity contribution in [3.63, 3.8) is 0 Å². The average Bonchev–Trinajstić information content (AvgIpc) is 3.00. The molecule has 1 aromatic heterocycles. The first-order valence-corrected chi connectivity index (χ1v) is 8.56. The first-order valence-electron chi connectivity index (χ1n) is 6.71. The Bertz CT molecular complexity index is 637. The predicted octanol–water partition coefficient (Wildman–Crippen LogP) is 0.836. The highest BCUT2D eigenvalue weighted by Gasteiger charge is 2.47. The van der Waals surface area contributed by atoms with Crippen molar-refractivity contribution in [1.82, 2.24) is 9.21 Å². The van der Waals surface area contributed by atoms with Gasteiger partial charge >= 0.3 is 0 Å². The number of carbonyl (C=O) groups is 1. The van der Waals surface area contributed by atoms with Gasteiger partial charge in [-0.2, -0.15) is 4.31 Å². The number of nitrogens with zero attached hydrogens (tertiary/aromatic N) is 2. The van der Waals surface area contributed by atoms with Crippen molar-refractivity contribution in [2.24, 2.45) is 0 Å². The maximum Gasteiger partial charge on any atom is 0.257 e. The van der Waals surface area contributed by atoms with Crippen molar-refractivity contribution in [3.05, 3.63) is 23.7 Å². The van der Waals surface area contributed by atoms with E-state index in [0.717, 1.165) is 0 Å². The van der Waals surface area contributed by atoms with Crippen LogP contribution in [0.5, 0.6) is 0 Å². The fourth-order valence-electron chi connectivity index (χ4n) is 3.37. The van der Waals surface area contributed by atoms with Crippen molar-refractivity contribution in [3.8, 4) is 0 Å². The number of furan rings is 1. The molecule has 110 valence electrons. The van der Waals surface area contributed by atoms with Gasteiger partial charge < -0.3 is 9.32 Å². The number of hydrogen-bond acceptors (Lipinski definition) is 4. The molecule has 0 radical (unpaired) electrons. The highest BCUT2D eigenvalue weighted by Crippen LogP contribution is 2.34. The molecule has 0 bridgehead atoms. The van der Waals surface area contributed by atoms with Crippen LogP contribution in [0, 0.1) is 6.92 Å². The molecule has 3 heterocycles. The van der Waals surface area contributed by atoms with Crippen LogP contribution in [0.25, 0.3) is 0 Å². The quantitative estimate of drug-likeness (QED) is 0.811. The zero-order valence-corrected chi connectivity index (χ0v) is 12.4. The fraction of sp³-hybridized carbons (Fsp3) is 0.615. The van der Waals surface area contributed by atoms with E-state index < -0.39 is 10.0 Å². The van der Waals surface area contributed by atoms with Crippen LogP contribution in [0.4, 0.5) is 0 Å². The van der Waals surface area contributed by atoms with Gasteiger partial charge in [0.1, 0.15) is 5.76 Å². The molecular formula is C13H18N2O4S. The Morgan fingerprint density at radius 2 is 2.00 bits per heavy atom. The van der Waals surface area contributed by atoms with Gasteiger partial charge in [-0.3, -0.25) is 4.79 Å². The maximum atomic E-state index is 12.5. The van der Waals surface area contributed by atoms with Gasteiger partial charge in [0.05, 0.1) is 18.1 Å². The Morgan fingerprint density at radius 1 is 1.30 bits per heavy atom. The second-order valence-corrected chi connectivity index (χ2v) is 7.41. The Kier molecular flexibility index (Phi) is 3.13. The maximum absolute atomic E-state index is 12.5. The number of carbonyl (C=O) groups excluding carboxylic acids is 1. The molecular weight excluding hydrogens is 280 g/mol. The van der Waals surface area contributed by atoms with E-state index in [2.05, 4.69) is 0 Å². The molecule has 20 heavy (non-hydrogen) atoms. The summed E-state index contributed by atoms with van der Waals surface area (Å²) in [5, 5.41) is 0. The van der Waals surface area contributed by atoms with Crippen LogP contribution >= 0.6 is 0 Å². The van der Waals surface area contributed by atoms with Gasteiger partial charge in [0, 0.05) is 25.2 Å². The summed E-state index contributed by atoms with van der Waals surface area (Å²) < 4.78 is 30.2. The summed E-state index contributed by atoms with van der Waals surface area (Å²) in [6.45, 7) is 2.87. The van der Waals surface area contributed by atoms with Crippen LogP contribution in [0.2, 0.25) is 0 Å². The standard InChI is InChI=1S/C13H18N2O4S/c1-9-10(5-8-19-9)13(16)14-6-3-12-11(14)4-7-15(12)20(2,17)18/h5,8,11-12H,3-4,6-7H2,1-2H3/t11-,12+/m0/s1. The smallest absolute Gasteiger partial charge is 0.257 e. The molecule has 0 aliphatic carbocycles. The van der Waals surface area contributed by atoms with Crippen LogP contribution in [0.3, 0.4) is 0 Å². The minimum atomic E-state index is -3.19. The fourth-order valence-corrected chi connectivity index (χ4v) is 4.55. The van der Waals surface area contributed by atoms with Gasteiger partial charge in [-0.25, -0.2) is 8.42 Å². The Balaban J connectivity index is 1.83. The van der Waals surface area contributed by atoms with E-state index in [9.17, 15) is 13.2 Å². The summed E-state index contributed by atoms with van der Waals surface area (Å²) in [6.07, 6.45) is 4.16. The van der Waals surface area contributed by atoms with E-state index in [1.54, 1.807) is 17.9 Å². The number of fused-ring (bicyclic) bond motifs is 1. The van der Waals surface area contributed by atoms with Crippen LogP contribution in [0.1, 0.15) is 29.0 Å². The van der Waals surface area contributed by atoms with E-state index in [1.807, 2.05) is 0 Å². The minimum absolute atomic E-state index is 0.00785. The number of amides is 1. The van der Waals surface area contributed by atoms with Gasteiger partial charge in [-0.05, 0) is 25.8 Å². The lowest BCUT2D eigenvalue weighted by atomic mass is 10.1. The average molecular weight is 298 g/mol. The van der Waals surface area contributed by atoms with Crippen molar-refractivity contribution in [2.75, 3.05) is 19.3 Å². The molecule has 0 spiro atoms. The molecule has 7 heteroatoms. The van der Waals surface area contributed by atoms with Gasteiger partial charge in [0.2, 0.25) is 10.0 Å². The van der Waals surface area contributed by atoms with Crippen molar-refractivity contribution < 1.29 is 17.6 Å². The van der Waals surface area contributed by atoms with Crippen LogP contribution in [0.15, 0.2) is 16.7 Å². The Labute approximate surface area is 118 Å². The van der Waals surface area contributed by atoms with Gasteiger partial charge in [-0.1, -0.05) is 0 Å². The highest BCUT2D eigenvalue weighted by molar-refractivity contribution is 7.88. The zero-order chi connectivity index (χ0) is 14.5. The summed E-state index contributed by atoms with van der Waals surface area (Å²) >= 11 is 0. The van der Waals surface area contributed by atoms with Crippen molar-refractivity contribution >= 4 is 15.9 Å². The number of likely N-dealkylation sites (tertiary alicyclic amines) is 1. The molecule has 6 nitrogen and oxygen atoms in total. The lowest BCUT2D eigenvalue weighted by Crippen LogP contribution is -2.41. The molecule has 0 unspecified atom stereocenters. The lowest BCUT2D eigenvalue weighted by Gasteiger charge is -2.24. The van der Waals surface area contributed by atoms with Crippen LogP contribution in [-0.4, -0.2) is 55.0 Å². The summed E-state index contributed by atoms with van der Waals surface area (Å²) in [4.78, 5) is 14.3. The number of aryl methyl sites for hydroxylation is 1. The van der Waals surface area contributed by atoms with Crippen molar-refractivity contribution in [2.45, 2.75) is 31.8 Å². The minimum Gasteiger partial charge on any atom is -0.469 e. The molecule has 0 N–H and O–H groups in total. The first kappa shape index (κ1) is 13.6. The Hall–Kier alpha value is -1.34. The van der Waals surface area contributed by atoms with E-state index in [0.29, 0.717) is 37.3 Å². The molecule has 2 saturated heterocycles. The summed E-state index contributed by atoms with van der Waals surface area (Å²) in [6, 6.07) is 1.60. The van der Waals surface area contributed by atoms with Crippen LogP contribution in [-0.2, 0) is 10.0 Å². The molecule has 0 saturated carbocycles. The van der Waals surface area contributed by atoms with E-state index >= 15 is 0 Å². The zero-order valence-electron chi connectivity index (χ0n) is 11.6. The molecule has 2 atom stereocenters. The SMILES string of the molecule is Cc1occc1C(=O)N1CC[C@@H]2[C@@H]1CCN2S(C)(=O)=O. The highest BCUT2D eigenvalue weighted by atomic mass is 32.2.